The first-order valence-electron chi connectivity index (χ1n) is 3.49. The maximum absolute atomic E-state index is 10.9. The fourth-order valence-electron chi connectivity index (χ4n) is 0.443. The van der Waals surface area contributed by atoms with Crippen molar-refractivity contribution in [1.29, 1.82) is 5.26 Å². The number of nitrogens with zero attached hydrogens (tertiary/aromatic N) is 1. The summed E-state index contributed by atoms with van der Waals surface area (Å²) in [7, 11) is 0. The molecule has 0 N–H and O–H groups in total. The van der Waals surface area contributed by atoms with Crippen molar-refractivity contribution in [3.63, 3.8) is 0 Å². The fourth-order valence-corrected chi connectivity index (χ4v) is 0.443. The molecule has 0 saturated carbocycles. The molecule has 0 saturated heterocycles. The highest BCUT2D eigenvalue weighted by molar-refractivity contribution is 5.75. The Hall–Kier alpha value is -1.04. The monoisotopic (exact) mass is 155 g/mol. The summed E-state index contributed by atoms with van der Waals surface area (Å²) in [5.41, 5.74) is -0.498. The van der Waals surface area contributed by atoms with Crippen molar-refractivity contribution in [2.24, 2.45) is 5.92 Å². The van der Waals surface area contributed by atoms with Crippen molar-refractivity contribution in [2.75, 3.05) is 0 Å². The van der Waals surface area contributed by atoms with Gasteiger partial charge in [-0.1, -0.05) is 0 Å². The lowest BCUT2D eigenvalue weighted by atomic mass is 10.1. The Morgan fingerprint density at radius 3 is 2.27 bits per heavy atom. The molecule has 0 fully saturated rings. The molecule has 0 bridgehead atoms. The van der Waals surface area contributed by atoms with Crippen LogP contribution in [0.2, 0.25) is 0 Å². The molecule has 11 heavy (non-hydrogen) atoms. The predicted molar refractivity (Wildman–Crippen MR) is 40.6 cm³/mol. The standard InChI is InChI=1S/C8H13NO2/c1-6(5-9)7(10)11-8(2,3)4/h6H,1-4H3/t6-/m1/s1. The average Bonchev–Trinajstić information content (AvgIpc) is 1.82. The van der Waals surface area contributed by atoms with E-state index in [1.807, 2.05) is 6.07 Å². The van der Waals surface area contributed by atoms with Gasteiger partial charge >= 0.3 is 5.97 Å². The van der Waals surface area contributed by atoms with Crippen LogP contribution < -0.4 is 0 Å². The van der Waals surface area contributed by atoms with Crippen LogP contribution in [0.4, 0.5) is 0 Å². The van der Waals surface area contributed by atoms with E-state index in [0.29, 0.717) is 0 Å². The normalized spacial score (nSPS) is 13.4. The molecule has 0 aliphatic rings. The Morgan fingerprint density at radius 2 is 2.00 bits per heavy atom. The van der Waals surface area contributed by atoms with Crippen LogP contribution in [0.1, 0.15) is 27.7 Å². The molecular formula is C8H13NO2. The fraction of sp³-hybridized carbons (Fsp3) is 0.750. The molecule has 0 heterocycles. The van der Waals surface area contributed by atoms with Gasteiger partial charge < -0.3 is 4.74 Å². The number of esters is 1. The van der Waals surface area contributed by atoms with Crippen molar-refractivity contribution in [3.8, 4) is 6.07 Å². The molecule has 0 radical (unpaired) electrons. The zero-order chi connectivity index (χ0) is 9.07. The van der Waals surface area contributed by atoms with Gasteiger partial charge in [-0.25, -0.2) is 0 Å². The maximum atomic E-state index is 10.9. The molecule has 0 aliphatic heterocycles. The van der Waals surface area contributed by atoms with Gasteiger partial charge in [0.05, 0.1) is 6.07 Å². The molecule has 0 unspecified atom stereocenters. The van der Waals surface area contributed by atoms with Crippen LogP contribution in [0.25, 0.3) is 0 Å². The van der Waals surface area contributed by atoms with Crippen LogP contribution in [0.5, 0.6) is 0 Å². The third-order valence-corrected chi connectivity index (χ3v) is 0.954. The molecule has 3 nitrogen and oxygen atoms in total. The van der Waals surface area contributed by atoms with E-state index in [4.69, 9.17) is 10.00 Å². The zero-order valence-corrected chi connectivity index (χ0v) is 7.34. The molecule has 0 spiro atoms. The molecule has 3 heteroatoms. The van der Waals surface area contributed by atoms with Gasteiger partial charge in [0.2, 0.25) is 0 Å². The van der Waals surface area contributed by atoms with Crippen molar-refractivity contribution in [2.45, 2.75) is 33.3 Å². The first-order valence-corrected chi connectivity index (χ1v) is 3.49. The lowest BCUT2D eigenvalue weighted by Gasteiger charge is -2.19. The molecule has 62 valence electrons. The second-order valence-electron chi connectivity index (χ2n) is 3.38. The Balaban J connectivity index is 4.01. The SMILES string of the molecule is C[C@H](C#N)C(=O)OC(C)(C)C. The first kappa shape index (κ1) is 9.96. The quantitative estimate of drug-likeness (QED) is 0.539. The maximum Gasteiger partial charge on any atom is 0.323 e. The highest BCUT2D eigenvalue weighted by atomic mass is 16.6. The molecular weight excluding hydrogens is 142 g/mol. The average molecular weight is 155 g/mol. The van der Waals surface area contributed by atoms with E-state index in [1.54, 1.807) is 20.8 Å². The molecule has 1 atom stereocenters. The van der Waals surface area contributed by atoms with Crippen molar-refractivity contribution < 1.29 is 9.53 Å². The minimum Gasteiger partial charge on any atom is -0.459 e. The Labute approximate surface area is 67.0 Å². The summed E-state index contributed by atoms with van der Waals surface area (Å²) < 4.78 is 4.93. The van der Waals surface area contributed by atoms with Gasteiger partial charge in [-0.2, -0.15) is 5.26 Å². The van der Waals surface area contributed by atoms with Crippen LogP contribution in [0.3, 0.4) is 0 Å². The molecule has 0 rings (SSSR count). The highest BCUT2D eigenvalue weighted by Crippen LogP contribution is 2.10. The van der Waals surface area contributed by atoms with Crippen molar-refractivity contribution >= 4 is 5.97 Å². The second-order valence-corrected chi connectivity index (χ2v) is 3.38. The van der Waals surface area contributed by atoms with Gasteiger partial charge in [0.1, 0.15) is 11.5 Å². The van der Waals surface area contributed by atoms with E-state index in [9.17, 15) is 4.79 Å². The largest absolute Gasteiger partial charge is 0.459 e. The number of carbonyl (C=O) groups is 1. The summed E-state index contributed by atoms with van der Waals surface area (Å²) in [6.45, 7) is 6.84. The minimum atomic E-state index is -0.672. The van der Waals surface area contributed by atoms with E-state index < -0.39 is 17.5 Å². The van der Waals surface area contributed by atoms with Crippen LogP contribution >= 0.6 is 0 Å². The number of hydrogen-bond acceptors (Lipinski definition) is 3. The van der Waals surface area contributed by atoms with Crippen LogP contribution in [0, 0.1) is 17.2 Å². The van der Waals surface area contributed by atoms with Crippen molar-refractivity contribution in [1.82, 2.24) is 0 Å². The number of hydrogen-bond donors (Lipinski definition) is 0. The lowest BCUT2D eigenvalue weighted by Crippen LogP contribution is -2.27. The van der Waals surface area contributed by atoms with E-state index in [2.05, 4.69) is 0 Å². The summed E-state index contributed by atoms with van der Waals surface area (Å²) in [5.74, 6) is -1.13. The van der Waals surface area contributed by atoms with E-state index in [0.717, 1.165) is 0 Å². The van der Waals surface area contributed by atoms with E-state index in [-0.39, 0.29) is 0 Å². The predicted octanol–water partition coefficient (Wildman–Crippen LogP) is 1.49. The Morgan fingerprint density at radius 1 is 1.55 bits per heavy atom. The van der Waals surface area contributed by atoms with Crippen LogP contribution in [-0.2, 0) is 9.53 Å². The third-order valence-electron chi connectivity index (χ3n) is 0.954. The summed E-state index contributed by atoms with van der Waals surface area (Å²) in [5, 5.41) is 8.35. The van der Waals surface area contributed by atoms with Gasteiger partial charge in [0.15, 0.2) is 0 Å². The summed E-state index contributed by atoms with van der Waals surface area (Å²) in [4.78, 5) is 10.9. The molecule has 0 aromatic rings. The van der Waals surface area contributed by atoms with E-state index in [1.165, 1.54) is 6.92 Å². The number of nitriles is 1. The molecule has 0 aromatic carbocycles. The summed E-state index contributed by atoms with van der Waals surface area (Å²) in [6, 6.07) is 1.81. The first-order chi connectivity index (χ1) is 4.87. The summed E-state index contributed by atoms with van der Waals surface area (Å²) >= 11 is 0. The topological polar surface area (TPSA) is 50.1 Å². The highest BCUT2D eigenvalue weighted by Gasteiger charge is 2.20. The van der Waals surface area contributed by atoms with Gasteiger partial charge in [-0.3, -0.25) is 4.79 Å². The van der Waals surface area contributed by atoms with Gasteiger partial charge in [-0.05, 0) is 27.7 Å². The third kappa shape index (κ3) is 4.38. The second kappa shape index (κ2) is 3.38. The Bertz CT molecular complexity index is 185. The minimum absolute atomic E-state index is 0.458. The number of carbonyl (C=O) groups excluding carboxylic acids is 1. The zero-order valence-electron chi connectivity index (χ0n) is 7.34. The van der Waals surface area contributed by atoms with Crippen LogP contribution in [-0.4, -0.2) is 11.6 Å². The summed E-state index contributed by atoms with van der Waals surface area (Å²) in [6.07, 6.45) is 0. The van der Waals surface area contributed by atoms with Gasteiger partial charge in [0.25, 0.3) is 0 Å². The number of ether oxygens (including phenoxy) is 1. The molecule has 0 amide bonds. The smallest absolute Gasteiger partial charge is 0.323 e. The van der Waals surface area contributed by atoms with Gasteiger partial charge in [-0.15, -0.1) is 0 Å². The molecule has 0 aromatic heterocycles. The van der Waals surface area contributed by atoms with Crippen molar-refractivity contribution in [3.05, 3.63) is 0 Å². The Kier molecular flexibility index (Phi) is 3.06. The van der Waals surface area contributed by atoms with Gasteiger partial charge in [0, 0.05) is 0 Å². The van der Waals surface area contributed by atoms with E-state index >= 15 is 0 Å². The van der Waals surface area contributed by atoms with Crippen LogP contribution in [0.15, 0.2) is 0 Å². The lowest BCUT2D eigenvalue weighted by molar-refractivity contribution is -0.157. The number of rotatable bonds is 1. The molecule has 0 aliphatic carbocycles.